The van der Waals surface area contributed by atoms with Gasteiger partial charge in [-0.2, -0.15) is 5.26 Å². The van der Waals surface area contributed by atoms with Gasteiger partial charge in [-0.05, 0) is 52.4 Å². The van der Waals surface area contributed by atoms with Crippen molar-refractivity contribution in [1.82, 2.24) is 4.90 Å². The summed E-state index contributed by atoms with van der Waals surface area (Å²) in [6.07, 6.45) is 6.39. The topological polar surface area (TPSA) is 53.3 Å². The molecule has 4 heteroatoms. The Hall–Kier alpha value is -1.24. The van der Waals surface area contributed by atoms with E-state index >= 15 is 0 Å². The van der Waals surface area contributed by atoms with Crippen molar-refractivity contribution >= 4 is 6.09 Å². The van der Waals surface area contributed by atoms with Gasteiger partial charge in [0.15, 0.2) is 0 Å². The Morgan fingerprint density at radius 3 is 2.45 bits per heavy atom. The minimum absolute atomic E-state index is 0.0208. The van der Waals surface area contributed by atoms with Gasteiger partial charge in [-0.1, -0.05) is 12.8 Å². The van der Waals surface area contributed by atoms with Gasteiger partial charge in [0.2, 0.25) is 0 Å². The van der Waals surface area contributed by atoms with Crippen molar-refractivity contribution in [3.8, 4) is 6.07 Å². The van der Waals surface area contributed by atoms with Gasteiger partial charge in [-0.25, -0.2) is 4.79 Å². The highest BCUT2D eigenvalue weighted by molar-refractivity contribution is 5.69. The largest absolute Gasteiger partial charge is 0.444 e. The molecule has 1 heterocycles. The smallest absolute Gasteiger partial charge is 0.410 e. The molecule has 0 aromatic carbocycles. The zero-order valence-corrected chi connectivity index (χ0v) is 12.9. The number of ether oxygens (including phenoxy) is 1. The molecule has 4 nitrogen and oxygen atoms in total. The molecule has 1 saturated carbocycles. The Labute approximate surface area is 122 Å². The Balaban J connectivity index is 2.05. The molecule has 1 aliphatic heterocycles. The van der Waals surface area contributed by atoms with Gasteiger partial charge in [0.05, 0.1) is 18.0 Å². The molecule has 2 atom stereocenters. The number of nitriles is 1. The van der Waals surface area contributed by atoms with E-state index in [9.17, 15) is 10.1 Å². The molecule has 1 amide bonds. The van der Waals surface area contributed by atoms with Gasteiger partial charge in [0.25, 0.3) is 0 Å². The molecule has 0 N–H and O–H groups in total. The summed E-state index contributed by atoms with van der Waals surface area (Å²) in [4.78, 5) is 14.1. The molecule has 0 aromatic heterocycles. The van der Waals surface area contributed by atoms with Gasteiger partial charge >= 0.3 is 6.09 Å². The standard InChI is InChI=1S/C16H26N2O2/c1-16(2,3)20-15(19)18-10-6-9-14(18)13(11-17)12-7-4-5-8-12/h12-14H,4-10H2,1-3H3. The fourth-order valence-electron chi connectivity index (χ4n) is 3.54. The fourth-order valence-corrected chi connectivity index (χ4v) is 3.54. The Morgan fingerprint density at radius 1 is 1.25 bits per heavy atom. The lowest BCUT2D eigenvalue weighted by atomic mass is 9.85. The highest BCUT2D eigenvalue weighted by Gasteiger charge is 2.40. The number of amides is 1. The van der Waals surface area contributed by atoms with Crippen molar-refractivity contribution in [1.29, 1.82) is 5.26 Å². The van der Waals surface area contributed by atoms with Crippen LogP contribution < -0.4 is 0 Å². The Morgan fingerprint density at radius 2 is 1.90 bits per heavy atom. The Kier molecular flexibility index (Phi) is 4.57. The van der Waals surface area contributed by atoms with Crippen molar-refractivity contribution in [2.24, 2.45) is 11.8 Å². The first kappa shape index (κ1) is 15.2. The molecule has 112 valence electrons. The van der Waals surface area contributed by atoms with Crippen LogP contribution in [0.15, 0.2) is 0 Å². The molecule has 0 radical (unpaired) electrons. The first-order valence-electron chi connectivity index (χ1n) is 7.81. The van der Waals surface area contributed by atoms with E-state index in [1.807, 2.05) is 20.8 Å². The molecular formula is C16H26N2O2. The van der Waals surface area contributed by atoms with Crippen LogP contribution in [0.3, 0.4) is 0 Å². The monoisotopic (exact) mass is 278 g/mol. The number of carbonyl (C=O) groups excluding carboxylic acids is 1. The van der Waals surface area contributed by atoms with E-state index in [2.05, 4.69) is 6.07 Å². The number of nitrogens with zero attached hydrogens (tertiary/aromatic N) is 2. The van der Waals surface area contributed by atoms with Crippen molar-refractivity contribution < 1.29 is 9.53 Å². The van der Waals surface area contributed by atoms with Gasteiger partial charge in [0, 0.05) is 6.54 Å². The summed E-state index contributed by atoms with van der Waals surface area (Å²) in [5.41, 5.74) is -0.472. The maximum atomic E-state index is 12.3. The number of hydrogen-bond acceptors (Lipinski definition) is 3. The van der Waals surface area contributed by atoms with Gasteiger partial charge in [-0.3, -0.25) is 0 Å². The van der Waals surface area contributed by atoms with Crippen LogP contribution in [0.5, 0.6) is 0 Å². The molecule has 1 saturated heterocycles. The Bertz CT molecular complexity index is 388. The van der Waals surface area contributed by atoms with Crippen LogP contribution >= 0.6 is 0 Å². The van der Waals surface area contributed by atoms with E-state index in [0.29, 0.717) is 5.92 Å². The third-order valence-corrected chi connectivity index (χ3v) is 4.40. The normalized spacial score (nSPS) is 25.5. The van der Waals surface area contributed by atoms with Crippen LogP contribution in [0.25, 0.3) is 0 Å². The van der Waals surface area contributed by atoms with Crippen LogP contribution in [0.1, 0.15) is 59.3 Å². The number of carbonyl (C=O) groups is 1. The first-order valence-corrected chi connectivity index (χ1v) is 7.81. The predicted octanol–water partition coefficient (Wildman–Crippen LogP) is 3.72. The molecule has 20 heavy (non-hydrogen) atoms. The lowest BCUT2D eigenvalue weighted by Crippen LogP contribution is -2.44. The highest BCUT2D eigenvalue weighted by Crippen LogP contribution is 2.37. The second kappa shape index (κ2) is 6.03. The van der Waals surface area contributed by atoms with E-state index in [1.54, 1.807) is 4.90 Å². The lowest BCUT2D eigenvalue weighted by Gasteiger charge is -2.32. The summed E-state index contributed by atoms with van der Waals surface area (Å²) in [6, 6.07) is 2.54. The average Bonchev–Trinajstić information content (AvgIpc) is 2.98. The molecule has 0 bridgehead atoms. The summed E-state index contributed by atoms with van der Waals surface area (Å²) in [6.45, 7) is 6.38. The van der Waals surface area contributed by atoms with Crippen LogP contribution in [-0.4, -0.2) is 29.2 Å². The van der Waals surface area contributed by atoms with E-state index < -0.39 is 5.60 Å². The molecule has 2 aliphatic rings. The first-order chi connectivity index (χ1) is 9.42. The minimum atomic E-state index is -0.472. The van der Waals surface area contributed by atoms with Gasteiger partial charge in [-0.15, -0.1) is 0 Å². The van der Waals surface area contributed by atoms with E-state index in [0.717, 1.165) is 32.2 Å². The summed E-state index contributed by atoms with van der Waals surface area (Å²) >= 11 is 0. The van der Waals surface area contributed by atoms with Gasteiger partial charge < -0.3 is 9.64 Å². The summed E-state index contributed by atoms with van der Waals surface area (Å²) in [7, 11) is 0. The molecule has 0 spiro atoms. The second-order valence-electron chi connectivity index (χ2n) is 7.08. The molecule has 1 aliphatic carbocycles. The SMILES string of the molecule is CC(C)(C)OC(=O)N1CCCC1C(C#N)C1CCCC1. The number of likely N-dealkylation sites (tertiary alicyclic amines) is 1. The average molecular weight is 278 g/mol. The van der Waals surface area contributed by atoms with E-state index in [-0.39, 0.29) is 18.1 Å². The predicted molar refractivity (Wildman–Crippen MR) is 77.0 cm³/mol. The van der Waals surface area contributed by atoms with Gasteiger partial charge in [0.1, 0.15) is 5.60 Å². The summed E-state index contributed by atoms with van der Waals surface area (Å²) < 4.78 is 5.49. The van der Waals surface area contributed by atoms with Crippen molar-refractivity contribution in [2.75, 3.05) is 6.54 Å². The quantitative estimate of drug-likeness (QED) is 0.773. The minimum Gasteiger partial charge on any atom is -0.444 e. The van der Waals surface area contributed by atoms with Crippen molar-refractivity contribution in [3.63, 3.8) is 0 Å². The van der Waals surface area contributed by atoms with Crippen molar-refractivity contribution in [3.05, 3.63) is 0 Å². The van der Waals surface area contributed by atoms with Crippen LogP contribution in [0.4, 0.5) is 4.79 Å². The second-order valence-corrected chi connectivity index (χ2v) is 7.08. The zero-order valence-electron chi connectivity index (χ0n) is 12.9. The van der Waals surface area contributed by atoms with Crippen LogP contribution in [-0.2, 0) is 4.74 Å². The molecule has 2 fully saturated rings. The van der Waals surface area contributed by atoms with Crippen molar-refractivity contribution in [2.45, 2.75) is 70.9 Å². The van der Waals surface area contributed by atoms with Crippen LogP contribution in [0, 0.1) is 23.2 Å². The molecule has 2 rings (SSSR count). The lowest BCUT2D eigenvalue weighted by molar-refractivity contribution is 0.0176. The summed E-state index contributed by atoms with van der Waals surface area (Å²) in [5, 5.41) is 9.55. The molecule has 2 unspecified atom stereocenters. The maximum absolute atomic E-state index is 12.3. The van der Waals surface area contributed by atoms with E-state index in [1.165, 1.54) is 12.8 Å². The fraction of sp³-hybridized carbons (Fsp3) is 0.875. The third-order valence-electron chi connectivity index (χ3n) is 4.40. The number of rotatable bonds is 2. The summed E-state index contributed by atoms with van der Waals surface area (Å²) in [5.74, 6) is 0.445. The highest BCUT2D eigenvalue weighted by atomic mass is 16.6. The third kappa shape index (κ3) is 3.45. The number of hydrogen-bond donors (Lipinski definition) is 0. The molecule has 0 aromatic rings. The zero-order chi connectivity index (χ0) is 14.8. The molecular weight excluding hydrogens is 252 g/mol. The maximum Gasteiger partial charge on any atom is 0.410 e. The van der Waals surface area contributed by atoms with Crippen LogP contribution in [0.2, 0.25) is 0 Å². The van der Waals surface area contributed by atoms with E-state index in [4.69, 9.17) is 4.74 Å².